The summed E-state index contributed by atoms with van der Waals surface area (Å²) in [5, 5.41) is 9.41. The van der Waals surface area contributed by atoms with E-state index in [4.69, 9.17) is 9.56 Å². The Labute approximate surface area is 179 Å². The van der Waals surface area contributed by atoms with E-state index >= 15 is 0 Å². The Morgan fingerprint density at radius 1 is 1.00 bits per heavy atom. The van der Waals surface area contributed by atoms with E-state index in [9.17, 15) is 13.2 Å². The van der Waals surface area contributed by atoms with Crippen molar-refractivity contribution in [3.05, 3.63) is 81.6 Å². The minimum atomic E-state index is -3.76. The largest absolute Gasteiger partial charge is 0.457 e. The number of aromatic nitrogens is 4. The minimum Gasteiger partial charge on any atom is -0.457 e. The van der Waals surface area contributed by atoms with Gasteiger partial charge in [-0.05, 0) is 48.5 Å². The Morgan fingerprint density at radius 3 is 2.42 bits per heavy atom. The summed E-state index contributed by atoms with van der Waals surface area (Å²) in [5.41, 5.74) is 1.17. The molecule has 4 aromatic heterocycles. The summed E-state index contributed by atoms with van der Waals surface area (Å²) in [5.74, 6) is 1.46. The van der Waals surface area contributed by atoms with E-state index in [1.54, 1.807) is 54.9 Å². The lowest BCUT2D eigenvalue weighted by Crippen LogP contribution is -2.23. The second-order valence-electron chi connectivity index (χ2n) is 6.55. The Morgan fingerprint density at radius 2 is 1.74 bits per heavy atom. The van der Waals surface area contributed by atoms with Crippen molar-refractivity contribution < 1.29 is 12.8 Å². The molecule has 0 saturated carbocycles. The second kappa shape index (κ2) is 7.23. The van der Waals surface area contributed by atoms with E-state index < -0.39 is 10.0 Å². The average molecular weight is 451 g/mol. The first kappa shape index (κ1) is 19.3. The predicted octanol–water partition coefficient (Wildman–Crippen LogP) is 1.67. The number of nitrogens with zero attached hydrogens (tertiary/aromatic N) is 4. The summed E-state index contributed by atoms with van der Waals surface area (Å²) in [4.78, 5) is 21.6. The van der Waals surface area contributed by atoms with Crippen LogP contribution in [-0.2, 0) is 10.0 Å². The molecule has 0 amide bonds. The molecule has 0 spiro atoms. The van der Waals surface area contributed by atoms with Gasteiger partial charge in [0.1, 0.15) is 16.1 Å². The van der Waals surface area contributed by atoms with E-state index in [1.165, 1.54) is 28.0 Å². The van der Waals surface area contributed by atoms with Crippen molar-refractivity contribution in [2.75, 3.05) is 0 Å². The zero-order chi connectivity index (χ0) is 21.6. The Bertz CT molecular complexity index is 1620. The number of fused-ring (bicyclic) bond motifs is 1. The molecule has 5 aromatic rings. The van der Waals surface area contributed by atoms with Crippen LogP contribution < -0.4 is 15.2 Å². The fourth-order valence-corrected chi connectivity index (χ4v) is 4.38. The summed E-state index contributed by atoms with van der Waals surface area (Å²) in [6, 6.07) is 13.0. The van der Waals surface area contributed by atoms with Gasteiger partial charge < -0.3 is 4.42 Å². The van der Waals surface area contributed by atoms with Crippen LogP contribution in [0.15, 0.2) is 75.0 Å². The van der Waals surface area contributed by atoms with Crippen LogP contribution in [0.2, 0.25) is 0 Å². The fourth-order valence-electron chi connectivity index (χ4n) is 2.98. The lowest BCUT2D eigenvalue weighted by atomic mass is 10.2. The van der Waals surface area contributed by atoms with E-state index in [0.29, 0.717) is 32.4 Å². The molecule has 0 saturated heterocycles. The molecule has 4 heterocycles. The number of hydrogen-bond donors (Lipinski definition) is 1. The van der Waals surface area contributed by atoms with Crippen LogP contribution in [0.1, 0.15) is 5.76 Å². The van der Waals surface area contributed by atoms with Crippen molar-refractivity contribution in [1.82, 2.24) is 19.6 Å². The predicted molar refractivity (Wildman–Crippen MR) is 115 cm³/mol. The van der Waals surface area contributed by atoms with Gasteiger partial charge in [-0.25, -0.2) is 13.6 Å². The topological polar surface area (TPSA) is 133 Å². The lowest BCUT2D eigenvalue weighted by Gasteiger charge is -2.00. The molecule has 0 aliphatic rings. The number of furan rings is 1. The van der Waals surface area contributed by atoms with E-state index in [0.717, 1.165) is 5.56 Å². The third kappa shape index (κ3) is 3.65. The maximum Gasteiger partial charge on any atom is 0.291 e. The van der Waals surface area contributed by atoms with Crippen LogP contribution in [0, 0.1) is 0 Å². The Kier molecular flexibility index (Phi) is 4.50. The van der Waals surface area contributed by atoms with Crippen LogP contribution >= 0.6 is 11.3 Å². The van der Waals surface area contributed by atoms with Gasteiger partial charge in [-0.1, -0.05) is 11.3 Å². The maximum absolute atomic E-state index is 12.7. The highest BCUT2D eigenvalue weighted by atomic mass is 32.2. The monoisotopic (exact) mass is 451 g/mol. The highest BCUT2D eigenvalue weighted by Crippen LogP contribution is 2.24. The van der Waals surface area contributed by atoms with Crippen molar-refractivity contribution in [2.24, 2.45) is 5.14 Å². The number of benzene rings is 1. The van der Waals surface area contributed by atoms with E-state index in [-0.39, 0.29) is 10.5 Å². The summed E-state index contributed by atoms with van der Waals surface area (Å²) in [7, 11) is -3.76. The van der Waals surface area contributed by atoms with Gasteiger partial charge in [0.05, 0.1) is 4.90 Å². The molecule has 154 valence electrons. The summed E-state index contributed by atoms with van der Waals surface area (Å²) < 4.78 is 30.3. The first-order valence-corrected chi connectivity index (χ1v) is 11.3. The molecule has 0 bridgehead atoms. The van der Waals surface area contributed by atoms with Gasteiger partial charge in [-0.2, -0.15) is 9.50 Å². The molecule has 0 atom stereocenters. The molecule has 1 aromatic carbocycles. The number of thiazole rings is 1. The van der Waals surface area contributed by atoms with Crippen molar-refractivity contribution in [1.29, 1.82) is 0 Å². The smallest absolute Gasteiger partial charge is 0.291 e. The summed E-state index contributed by atoms with van der Waals surface area (Å²) in [6.45, 7) is 0. The van der Waals surface area contributed by atoms with Crippen LogP contribution in [0.25, 0.3) is 33.7 Å². The van der Waals surface area contributed by atoms with Crippen LogP contribution in [0.4, 0.5) is 0 Å². The molecule has 0 fully saturated rings. The number of hydrogen-bond acceptors (Lipinski definition) is 8. The summed E-state index contributed by atoms with van der Waals surface area (Å²) >= 11 is 1.21. The Balaban J connectivity index is 1.47. The first-order chi connectivity index (χ1) is 14.9. The van der Waals surface area contributed by atoms with Gasteiger partial charge in [0.2, 0.25) is 15.0 Å². The van der Waals surface area contributed by atoms with Crippen molar-refractivity contribution in [3.8, 4) is 22.7 Å². The van der Waals surface area contributed by atoms with Gasteiger partial charge >= 0.3 is 0 Å². The van der Waals surface area contributed by atoms with E-state index in [1.807, 2.05) is 0 Å². The standard InChI is InChI=1S/C20H13N5O4S2/c21-31(27,28)15-4-1-12(2-5-15)16-6-3-14(29-16)11-17-19(26)25-20(30-17)23-18(24-25)13-7-9-22-10-8-13/h1-11H,(H2,21,27,28)/b17-11-. The molecule has 2 N–H and O–H groups in total. The van der Waals surface area contributed by atoms with Crippen LogP contribution in [-0.4, -0.2) is 28.0 Å². The number of rotatable bonds is 4. The minimum absolute atomic E-state index is 0.0196. The van der Waals surface area contributed by atoms with Crippen molar-refractivity contribution in [2.45, 2.75) is 4.90 Å². The molecule has 0 aliphatic heterocycles. The van der Waals surface area contributed by atoms with Crippen molar-refractivity contribution in [3.63, 3.8) is 0 Å². The Hall–Kier alpha value is -3.67. The maximum atomic E-state index is 12.7. The van der Waals surface area contributed by atoms with Gasteiger partial charge in [-0.15, -0.1) is 5.10 Å². The molecule has 5 rings (SSSR count). The average Bonchev–Trinajstić information content (AvgIpc) is 3.46. The fraction of sp³-hybridized carbons (Fsp3) is 0. The molecular formula is C20H13N5O4S2. The molecular weight excluding hydrogens is 438 g/mol. The number of nitrogens with two attached hydrogens (primary N) is 1. The molecule has 0 aliphatic carbocycles. The summed E-state index contributed by atoms with van der Waals surface area (Å²) in [6.07, 6.45) is 4.90. The quantitative estimate of drug-likeness (QED) is 0.439. The zero-order valence-corrected chi connectivity index (χ0v) is 17.3. The number of primary sulfonamides is 1. The second-order valence-corrected chi connectivity index (χ2v) is 9.12. The zero-order valence-electron chi connectivity index (χ0n) is 15.7. The molecule has 0 radical (unpaired) electrons. The molecule has 9 nitrogen and oxygen atoms in total. The molecule has 0 unspecified atom stereocenters. The van der Waals surface area contributed by atoms with Gasteiger partial charge in [0, 0.05) is 29.6 Å². The lowest BCUT2D eigenvalue weighted by molar-refractivity contribution is 0.571. The normalized spacial score (nSPS) is 12.6. The third-order valence-corrected chi connectivity index (χ3v) is 6.38. The first-order valence-electron chi connectivity index (χ1n) is 8.93. The van der Waals surface area contributed by atoms with Crippen LogP contribution in [0.3, 0.4) is 0 Å². The van der Waals surface area contributed by atoms with Crippen molar-refractivity contribution >= 4 is 32.4 Å². The third-order valence-electron chi connectivity index (χ3n) is 4.49. The van der Waals surface area contributed by atoms with E-state index in [2.05, 4.69) is 15.1 Å². The van der Waals surface area contributed by atoms with Gasteiger partial charge in [-0.3, -0.25) is 9.78 Å². The highest BCUT2D eigenvalue weighted by molar-refractivity contribution is 7.89. The SMILES string of the molecule is NS(=O)(=O)c1ccc(-c2ccc(/C=c3\sc4nc(-c5ccncc5)nn4c3=O)o2)cc1. The molecule has 11 heteroatoms. The van der Waals surface area contributed by atoms with Crippen LogP contribution in [0.5, 0.6) is 0 Å². The number of pyridine rings is 1. The highest BCUT2D eigenvalue weighted by Gasteiger charge is 2.13. The van der Waals surface area contributed by atoms with Gasteiger partial charge in [0.25, 0.3) is 5.56 Å². The van der Waals surface area contributed by atoms with Gasteiger partial charge in [0.15, 0.2) is 5.82 Å². The molecule has 31 heavy (non-hydrogen) atoms. The number of sulfonamides is 1.